The highest BCUT2D eigenvalue weighted by molar-refractivity contribution is 6.31. The molecule has 0 spiro atoms. The van der Waals surface area contributed by atoms with Crippen LogP contribution < -0.4 is 10.1 Å². The lowest BCUT2D eigenvalue weighted by molar-refractivity contribution is 0.199. The van der Waals surface area contributed by atoms with Gasteiger partial charge in [0, 0.05) is 37.3 Å². The SMILES string of the molecule is COCCNCc1c(Cl)cccc1OCCN(C)C. The molecule has 0 saturated carbocycles. The highest BCUT2D eigenvalue weighted by atomic mass is 35.5. The maximum Gasteiger partial charge on any atom is 0.125 e. The number of nitrogens with zero attached hydrogens (tertiary/aromatic N) is 1. The van der Waals surface area contributed by atoms with Gasteiger partial charge >= 0.3 is 0 Å². The third kappa shape index (κ3) is 6.25. The Kier molecular flexibility index (Phi) is 7.82. The van der Waals surface area contributed by atoms with Gasteiger partial charge in [0.2, 0.25) is 0 Å². The molecule has 0 amide bonds. The first-order valence-corrected chi connectivity index (χ1v) is 6.77. The van der Waals surface area contributed by atoms with Crippen molar-refractivity contribution in [3.05, 3.63) is 28.8 Å². The molecular formula is C14H23ClN2O2. The van der Waals surface area contributed by atoms with Crippen molar-refractivity contribution in [2.45, 2.75) is 6.54 Å². The van der Waals surface area contributed by atoms with Crippen molar-refractivity contribution in [2.24, 2.45) is 0 Å². The molecule has 0 bridgehead atoms. The van der Waals surface area contributed by atoms with Crippen LogP contribution in [0.1, 0.15) is 5.56 Å². The molecule has 4 nitrogen and oxygen atoms in total. The predicted octanol–water partition coefficient (Wildman–Crippen LogP) is 2.02. The summed E-state index contributed by atoms with van der Waals surface area (Å²) in [6.07, 6.45) is 0. The van der Waals surface area contributed by atoms with Crippen LogP contribution in [0.5, 0.6) is 5.75 Å². The van der Waals surface area contributed by atoms with E-state index in [-0.39, 0.29) is 0 Å². The van der Waals surface area contributed by atoms with Gasteiger partial charge in [0.05, 0.1) is 6.61 Å². The minimum absolute atomic E-state index is 0.651. The van der Waals surface area contributed by atoms with Crippen LogP contribution in [0.25, 0.3) is 0 Å². The van der Waals surface area contributed by atoms with Crippen LogP contribution in [-0.2, 0) is 11.3 Å². The second-order valence-electron chi connectivity index (χ2n) is 4.54. The van der Waals surface area contributed by atoms with Gasteiger partial charge in [-0.1, -0.05) is 17.7 Å². The number of halogens is 1. The van der Waals surface area contributed by atoms with Gasteiger partial charge in [-0.15, -0.1) is 0 Å². The molecule has 0 heterocycles. The van der Waals surface area contributed by atoms with Crippen LogP contribution in [0.3, 0.4) is 0 Å². The third-order valence-corrected chi connectivity index (χ3v) is 3.01. The minimum atomic E-state index is 0.651. The summed E-state index contributed by atoms with van der Waals surface area (Å²) in [4.78, 5) is 2.08. The lowest BCUT2D eigenvalue weighted by Gasteiger charge is -2.15. The van der Waals surface area contributed by atoms with Crippen molar-refractivity contribution in [2.75, 3.05) is 47.5 Å². The van der Waals surface area contributed by atoms with E-state index in [1.54, 1.807) is 7.11 Å². The van der Waals surface area contributed by atoms with Gasteiger partial charge in [-0.2, -0.15) is 0 Å². The Morgan fingerprint density at radius 1 is 1.26 bits per heavy atom. The van der Waals surface area contributed by atoms with Crippen molar-refractivity contribution in [1.82, 2.24) is 10.2 Å². The monoisotopic (exact) mass is 286 g/mol. The summed E-state index contributed by atoms with van der Waals surface area (Å²) in [5.74, 6) is 0.847. The molecule has 1 rings (SSSR count). The first kappa shape index (κ1) is 16.2. The Hall–Kier alpha value is -0.810. The number of hydrogen-bond acceptors (Lipinski definition) is 4. The second kappa shape index (κ2) is 9.15. The molecular weight excluding hydrogens is 264 g/mol. The van der Waals surface area contributed by atoms with E-state index in [0.29, 0.717) is 19.8 Å². The van der Waals surface area contributed by atoms with Gasteiger partial charge in [-0.3, -0.25) is 0 Å². The number of hydrogen-bond donors (Lipinski definition) is 1. The van der Waals surface area contributed by atoms with E-state index >= 15 is 0 Å². The summed E-state index contributed by atoms with van der Waals surface area (Å²) in [5, 5.41) is 4.01. The Morgan fingerprint density at radius 3 is 2.74 bits per heavy atom. The molecule has 0 atom stereocenters. The Morgan fingerprint density at radius 2 is 2.05 bits per heavy atom. The molecule has 1 aromatic carbocycles. The summed E-state index contributed by atoms with van der Waals surface area (Å²) < 4.78 is 10.8. The van der Waals surface area contributed by atoms with Gasteiger partial charge in [0.15, 0.2) is 0 Å². The van der Waals surface area contributed by atoms with E-state index in [9.17, 15) is 0 Å². The van der Waals surface area contributed by atoms with Crippen LogP contribution >= 0.6 is 11.6 Å². The predicted molar refractivity (Wildman–Crippen MR) is 79.1 cm³/mol. The molecule has 108 valence electrons. The van der Waals surface area contributed by atoms with Gasteiger partial charge in [-0.05, 0) is 26.2 Å². The molecule has 0 aliphatic heterocycles. The number of methoxy groups -OCH3 is 1. The van der Waals surface area contributed by atoms with Crippen LogP contribution in [0, 0.1) is 0 Å². The zero-order valence-electron chi connectivity index (χ0n) is 11.9. The molecule has 1 aromatic rings. The van der Waals surface area contributed by atoms with Gasteiger partial charge in [-0.25, -0.2) is 0 Å². The second-order valence-corrected chi connectivity index (χ2v) is 4.95. The fraction of sp³-hybridized carbons (Fsp3) is 0.571. The van der Waals surface area contributed by atoms with Crippen molar-refractivity contribution >= 4 is 11.6 Å². The normalized spacial score (nSPS) is 11.0. The van der Waals surface area contributed by atoms with E-state index in [4.69, 9.17) is 21.1 Å². The fourth-order valence-corrected chi connectivity index (χ4v) is 1.80. The van der Waals surface area contributed by atoms with Crippen molar-refractivity contribution in [3.63, 3.8) is 0 Å². The summed E-state index contributed by atoms with van der Waals surface area (Å²) in [7, 11) is 5.73. The number of benzene rings is 1. The first-order chi connectivity index (χ1) is 9.15. The van der Waals surface area contributed by atoms with Gasteiger partial charge in [0.25, 0.3) is 0 Å². The Bertz CT molecular complexity index is 372. The zero-order valence-corrected chi connectivity index (χ0v) is 12.7. The van der Waals surface area contributed by atoms with E-state index in [2.05, 4.69) is 10.2 Å². The number of ether oxygens (including phenoxy) is 2. The highest BCUT2D eigenvalue weighted by Crippen LogP contribution is 2.26. The van der Waals surface area contributed by atoms with E-state index in [1.165, 1.54) is 0 Å². The quantitative estimate of drug-likeness (QED) is 0.704. The fourth-order valence-electron chi connectivity index (χ4n) is 1.57. The lowest BCUT2D eigenvalue weighted by atomic mass is 10.2. The molecule has 0 unspecified atom stereocenters. The number of rotatable bonds is 9. The largest absolute Gasteiger partial charge is 0.492 e. The Balaban J connectivity index is 2.56. The molecule has 0 radical (unpaired) electrons. The van der Waals surface area contributed by atoms with Crippen LogP contribution in [0.4, 0.5) is 0 Å². The maximum atomic E-state index is 6.22. The highest BCUT2D eigenvalue weighted by Gasteiger charge is 2.08. The van der Waals surface area contributed by atoms with Crippen LogP contribution in [0.15, 0.2) is 18.2 Å². The molecule has 19 heavy (non-hydrogen) atoms. The molecule has 0 aromatic heterocycles. The van der Waals surface area contributed by atoms with Crippen LogP contribution in [0.2, 0.25) is 5.02 Å². The lowest BCUT2D eigenvalue weighted by Crippen LogP contribution is -2.21. The topological polar surface area (TPSA) is 33.7 Å². The van der Waals surface area contributed by atoms with E-state index in [1.807, 2.05) is 32.3 Å². The first-order valence-electron chi connectivity index (χ1n) is 6.39. The van der Waals surface area contributed by atoms with Crippen molar-refractivity contribution in [3.8, 4) is 5.75 Å². The van der Waals surface area contributed by atoms with Crippen molar-refractivity contribution in [1.29, 1.82) is 0 Å². The molecule has 5 heteroatoms. The van der Waals surface area contributed by atoms with E-state index in [0.717, 1.165) is 29.4 Å². The van der Waals surface area contributed by atoms with Gasteiger partial charge in [0.1, 0.15) is 12.4 Å². The standard InChI is InChI=1S/C14H23ClN2O2/c1-17(2)8-10-19-14-6-4-5-13(15)12(14)11-16-7-9-18-3/h4-6,16H,7-11H2,1-3H3. The average Bonchev–Trinajstić information content (AvgIpc) is 2.36. The molecule has 0 aliphatic rings. The summed E-state index contributed by atoms with van der Waals surface area (Å²) >= 11 is 6.22. The smallest absolute Gasteiger partial charge is 0.125 e. The zero-order chi connectivity index (χ0) is 14.1. The Labute approximate surface area is 120 Å². The summed E-state index contributed by atoms with van der Waals surface area (Å²) in [5.41, 5.74) is 0.999. The van der Waals surface area contributed by atoms with Crippen LogP contribution in [-0.4, -0.2) is 52.4 Å². The molecule has 0 fully saturated rings. The summed E-state index contributed by atoms with van der Waals surface area (Å²) in [6, 6.07) is 5.74. The average molecular weight is 287 g/mol. The molecule has 0 saturated heterocycles. The van der Waals surface area contributed by atoms with Gasteiger partial charge < -0.3 is 19.7 Å². The van der Waals surface area contributed by atoms with Crippen molar-refractivity contribution < 1.29 is 9.47 Å². The number of nitrogens with one attached hydrogen (secondary N) is 1. The summed E-state index contributed by atoms with van der Waals surface area (Å²) in [6.45, 7) is 3.68. The molecule has 1 N–H and O–H groups in total. The van der Waals surface area contributed by atoms with E-state index < -0.39 is 0 Å². The number of likely N-dealkylation sites (N-methyl/N-ethyl adjacent to an activating group) is 1. The molecule has 0 aliphatic carbocycles. The third-order valence-electron chi connectivity index (χ3n) is 2.66. The maximum absolute atomic E-state index is 6.22. The minimum Gasteiger partial charge on any atom is -0.492 e.